The van der Waals surface area contributed by atoms with Crippen molar-refractivity contribution >= 4 is 11.8 Å². The van der Waals surface area contributed by atoms with E-state index in [9.17, 15) is 9.59 Å². The third-order valence-electron chi connectivity index (χ3n) is 0.589. The van der Waals surface area contributed by atoms with Gasteiger partial charge >= 0.3 is 22.4 Å². The molecule has 0 bridgehead atoms. The summed E-state index contributed by atoms with van der Waals surface area (Å²) in [5.74, 6) is -0.907. The molecular weight excluding hydrogens is 202 g/mol. The van der Waals surface area contributed by atoms with Crippen LogP contribution >= 0.6 is 0 Å². The van der Waals surface area contributed by atoms with Gasteiger partial charge in [-0.3, -0.25) is 0 Å². The Morgan fingerprint density at radius 2 is 1.50 bits per heavy atom. The van der Waals surface area contributed by atoms with Crippen LogP contribution < -0.4 is 0 Å². The van der Waals surface area contributed by atoms with Crippen LogP contribution in [-0.2, 0) is 32.0 Å². The van der Waals surface area contributed by atoms with E-state index >= 15 is 0 Å². The molecular formula is C4H2AgNO2. The smallest absolute Gasteiger partial charge is 0.589 e. The van der Waals surface area contributed by atoms with Gasteiger partial charge in [0.15, 0.2) is 0 Å². The van der Waals surface area contributed by atoms with E-state index in [4.69, 9.17) is 0 Å². The van der Waals surface area contributed by atoms with Gasteiger partial charge in [-0.15, -0.1) is 0 Å². The fraction of sp³-hybridized carbons (Fsp3) is 0. The minimum absolute atomic E-state index is 0. The Morgan fingerprint density at radius 3 is 1.62 bits per heavy atom. The molecule has 0 saturated heterocycles. The number of carbonyl (C=O) groups is 2. The fourth-order valence-electron chi connectivity index (χ4n) is 0.326. The Labute approximate surface area is 61.6 Å². The summed E-state index contributed by atoms with van der Waals surface area (Å²) in [6.45, 7) is 0. The summed E-state index contributed by atoms with van der Waals surface area (Å²) >= 11 is 0. The molecule has 4 heteroatoms. The van der Waals surface area contributed by atoms with Crippen molar-refractivity contribution in [2.24, 2.45) is 0 Å². The topological polar surface area (TPSA) is 48.2 Å². The van der Waals surface area contributed by atoms with Gasteiger partial charge in [-0.2, -0.15) is 0 Å². The fourth-order valence-corrected chi connectivity index (χ4v) is 0.326. The number of imide groups is 1. The number of hydrogen-bond donors (Lipinski definition) is 0. The first-order chi connectivity index (χ1) is 3.29. The van der Waals surface area contributed by atoms with Gasteiger partial charge in [-0.05, 0) is 12.2 Å². The molecule has 1 heterocycles. The molecule has 46 valence electrons. The average molecular weight is 204 g/mol. The molecule has 0 N–H and O–H groups in total. The number of nitrogens with zero attached hydrogens (tertiary/aromatic N) is 1. The Bertz CT molecular complexity index is 136. The van der Waals surface area contributed by atoms with Crippen molar-refractivity contribution in [1.29, 1.82) is 0 Å². The molecule has 0 saturated carbocycles. The molecule has 0 unspecified atom stereocenters. The largest absolute Gasteiger partial charge is 1.00 e. The van der Waals surface area contributed by atoms with Crippen molar-refractivity contribution in [3.05, 3.63) is 17.5 Å². The molecule has 1 aliphatic heterocycles. The number of amides is 2. The van der Waals surface area contributed by atoms with E-state index < -0.39 is 11.8 Å². The molecule has 0 radical (unpaired) electrons. The zero-order chi connectivity index (χ0) is 5.28. The number of carbonyl (C=O) groups excluding carboxylic acids is 2. The second kappa shape index (κ2) is 2.81. The first-order valence-corrected chi connectivity index (χ1v) is 1.77. The van der Waals surface area contributed by atoms with Crippen LogP contribution in [0.5, 0.6) is 0 Å². The van der Waals surface area contributed by atoms with Gasteiger partial charge < -0.3 is 14.9 Å². The molecule has 8 heavy (non-hydrogen) atoms. The van der Waals surface area contributed by atoms with Crippen LogP contribution in [0.3, 0.4) is 0 Å². The van der Waals surface area contributed by atoms with Crippen LogP contribution in [0.4, 0.5) is 0 Å². The summed E-state index contributed by atoms with van der Waals surface area (Å²) < 4.78 is 0. The Kier molecular flexibility index (Phi) is 2.68. The molecule has 2 amide bonds. The Hall–Kier alpha value is -0.380. The van der Waals surface area contributed by atoms with Crippen molar-refractivity contribution in [3.8, 4) is 0 Å². The van der Waals surface area contributed by atoms with Gasteiger partial charge in [0.2, 0.25) is 0 Å². The van der Waals surface area contributed by atoms with Gasteiger partial charge in [0.25, 0.3) is 0 Å². The van der Waals surface area contributed by atoms with Crippen molar-refractivity contribution < 1.29 is 32.0 Å². The predicted octanol–water partition coefficient (Wildman–Crippen LogP) is -0.0194. The number of hydrogen-bond acceptors (Lipinski definition) is 2. The van der Waals surface area contributed by atoms with Gasteiger partial charge in [-0.1, -0.05) is 0 Å². The van der Waals surface area contributed by atoms with Gasteiger partial charge in [0, 0.05) is 0 Å². The van der Waals surface area contributed by atoms with E-state index in [0.29, 0.717) is 0 Å². The van der Waals surface area contributed by atoms with Crippen LogP contribution in [0.2, 0.25) is 0 Å². The van der Waals surface area contributed by atoms with Crippen LogP contribution in [-0.4, -0.2) is 11.8 Å². The van der Waals surface area contributed by atoms with Crippen LogP contribution in [0.25, 0.3) is 5.32 Å². The zero-order valence-corrected chi connectivity index (χ0v) is 5.20. The second-order valence-corrected chi connectivity index (χ2v) is 1.12. The molecule has 0 atom stereocenters. The van der Waals surface area contributed by atoms with E-state index in [1.54, 1.807) is 0 Å². The molecule has 1 rings (SSSR count). The molecule has 0 aliphatic carbocycles. The maximum absolute atomic E-state index is 9.98. The van der Waals surface area contributed by atoms with Crippen molar-refractivity contribution in [1.82, 2.24) is 0 Å². The maximum Gasteiger partial charge on any atom is 1.00 e. The minimum Gasteiger partial charge on any atom is -0.589 e. The van der Waals surface area contributed by atoms with Crippen molar-refractivity contribution in [2.45, 2.75) is 0 Å². The second-order valence-electron chi connectivity index (χ2n) is 1.12. The van der Waals surface area contributed by atoms with Crippen LogP contribution in [0.1, 0.15) is 0 Å². The molecule has 0 aromatic heterocycles. The van der Waals surface area contributed by atoms with E-state index in [2.05, 4.69) is 5.32 Å². The summed E-state index contributed by atoms with van der Waals surface area (Å²) in [5, 5.41) is 3.00. The van der Waals surface area contributed by atoms with Crippen molar-refractivity contribution in [3.63, 3.8) is 0 Å². The molecule has 0 fully saturated rings. The van der Waals surface area contributed by atoms with E-state index in [-0.39, 0.29) is 22.4 Å². The first kappa shape index (κ1) is 7.62. The molecule has 1 aliphatic rings. The predicted molar refractivity (Wildman–Crippen MR) is 22.5 cm³/mol. The van der Waals surface area contributed by atoms with Crippen molar-refractivity contribution in [2.75, 3.05) is 0 Å². The summed E-state index contributed by atoms with van der Waals surface area (Å²) in [5.41, 5.74) is 0. The number of rotatable bonds is 0. The van der Waals surface area contributed by atoms with E-state index in [1.807, 2.05) is 0 Å². The van der Waals surface area contributed by atoms with Gasteiger partial charge in [0.1, 0.15) is 0 Å². The third-order valence-corrected chi connectivity index (χ3v) is 0.589. The quantitative estimate of drug-likeness (QED) is 0.411. The summed E-state index contributed by atoms with van der Waals surface area (Å²) in [7, 11) is 0. The maximum atomic E-state index is 9.98. The molecule has 0 spiro atoms. The van der Waals surface area contributed by atoms with E-state index in [1.165, 1.54) is 0 Å². The average Bonchev–Trinajstić information content (AvgIpc) is 1.87. The monoisotopic (exact) mass is 203 g/mol. The summed E-state index contributed by atoms with van der Waals surface area (Å²) in [6, 6.07) is 0. The van der Waals surface area contributed by atoms with Crippen LogP contribution in [0, 0.1) is 0 Å². The van der Waals surface area contributed by atoms with E-state index in [0.717, 1.165) is 12.2 Å². The SMILES string of the molecule is O=C1C=CC(=O)[N-]1.[Ag+]. The normalized spacial score (nSPS) is 15.5. The Morgan fingerprint density at radius 1 is 1.12 bits per heavy atom. The molecule has 0 aromatic rings. The Balaban J connectivity index is 0.000000490. The zero-order valence-electron chi connectivity index (χ0n) is 3.72. The summed E-state index contributed by atoms with van der Waals surface area (Å²) in [6.07, 6.45) is 2.28. The first-order valence-electron chi connectivity index (χ1n) is 1.77. The third kappa shape index (κ3) is 1.61. The van der Waals surface area contributed by atoms with Gasteiger partial charge in [0.05, 0.1) is 11.8 Å². The van der Waals surface area contributed by atoms with Crippen LogP contribution in [0.15, 0.2) is 12.2 Å². The molecule has 3 nitrogen and oxygen atoms in total. The molecule has 0 aromatic carbocycles. The summed E-state index contributed by atoms with van der Waals surface area (Å²) in [4.78, 5) is 20.0. The van der Waals surface area contributed by atoms with Gasteiger partial charge in [-0.25, -0.2) is 0 Å². The standard InChI is InChI=1S/C4H3NO2.Ag/c6-3-1-2-4(7)5-3;/h1-2H,(H,5,6,7);/q;+1/p-1. The minimum atomic E-state index is -0.454.